The summed E-state index contributed by atoms with van der Waals surface area (Å²) in [5.74, 6) is 0.908. The van der Waals surface area contributed by atoms with E-state index in [1.165, 1.54) is 0 Å². The highest BCUT2D eigenvalue weighted by molar-refractivity contribution is 6.31. The van der Waals surface area contributed by atoms with Gasteiger partial charge in [-0.25, -0.2) is 4.98 Å². The van der Waals surface area contributed by atoms with E-state index in [2.05, 4.69) is 4.98 Å². The predicted octanol–water partition coefficient (Wildman–Crippen LogP) is 2.47. The van der Waals surface area contributed by atoms with Crippen LogP contribution in [0.3, 0.4) is 0 Å². The quantitative estimate of drug-likeness (QED) is 0.681. The van der Waals surface area contributed by atoms with E-state index < -0.39 is 0 Å². The van der Waals surface area contributed by atoms with E-state index in [4.69, 9.17) is 17.3 Å². The van der Waals surface area contributed by atoms with Crippen LogP contribution in [0.1, 0.15) is 22.6 Å². The first-order valence-electron chi connectivity index (χ1n) is 5.62. The normalized spacial score (nSPS) is 10.6. The zero-order valence-corrected chi connectivity index (χ0v) is 10.8. The maximum atomic E-state index is 12.0. The van der Waals surface area contributed by atoms with Crippen molar-refractivity contribution in [3.8, 4) is 0 Å². The number of rotatable bonds is 4. The number of nitrogens with zero attached hydrogens (tertiary/aromatic N) is 2. The van der Waals surface area contributed by atoms with Gasteiger partial charge < -0.3 is 10.3 Å². The van der Waals surface area contributed by atoms with Crippen LogP contribution in [0.5, 0.6) is 0 Å². The van der Waals surface area contributed by atoms with Crippen molar-refractivity contribution in [1.82, 2.24) is 9.55 Å². The standard InChI is InChI=1S/C13H14ClN3O/c1-17-5-4-16-13(17)3-2-12(18)9-6-10(14)8-11(15)7-9/h4-8H,2-3,15H2,1H3. The Morgan fingerprint density at radius 3 is 2.83 bits per heavy atom. The third-order valence-corrected chi connectivity index (χ3v) is 2.96. The van der Waals surface area contributed by atoms with E-state index in [0.29, 0.717) is 29.1 Å². The third kappa shape index (κ3) is 2.90. The molecule has 18 heavy (non-hydrogen) atoms. The number of carbonyl (C=O) groups excluding carboxylic acids is 1. The molecule has 0 saturated heterocycles. The lowest BCUT2D eigenvalue weighted by atomic mass is 10.1. The number of imidazole rings is 1. The lowest BCUT2D eigenvalue weighted by Crippen LogP contribution is -2.05. The van der Waals surface area contributed by atoms with Gasteiger partial charge in [0.25, 0.3) is 0 Å². The highest BCUT2D eigenvalue weighted by Gasteiger charge is 2.09. The number of anilines is 1. The summed E-state index contributed by atoms with van der Waals surface area (Å²) >= 11 is 5.87. The Labute approximate surface area is 110 Å². The van der Waals surface area contributed by atoms with Crippen molar-refractivity contribution < 1.29 is 4.79 Å². The van der Waals surface area contributed by atoms with E-state index in [-0.39, 0.29) is 5.78 Å². The SMILES string of the molecule is Cn1ccnc1CCC(=O)c1cc(N)cc(Cl)c1. The minimum atomic E-state index is 0.0206. The highest BCUT2D eigenvalue weighted by atomic mass is 35.5. The van der Waals surface area contributed by atoms with Crippen LogP contribution >= 0.6 is 11.6 Å². The van der Waals surface area contributed by atoms with Gasteiger partial charge in [-0.05, 0) is 18.2 Å². The molecule has 0 radical (unpaired) electrons. The molecule has 0 unspecified atom stereocenters. The Morgan fingerprint density at radius 2 is 2.22 bits per heavy atom. The van der Waals surface area contributed by atoms with Gasteiger partial charge >= 0.3 is 0 Å². The van der Waals surface area contributed by atoms with Crippen molar-refractivity contribution in [2.24, 2.45) is 7.05 Å². The third-order valence-electron chi connectivity index (χ3n) is 2.74. The lowest BCUT2D eigenvalue weighted by Gasteiger charge is -2.04. The fraction of sp³-hybridized carbons (Fsp3) is 0.231. The Balaban J connectivity index is 2.06. The molecule has 5 heteroatoms. The van der Waals surface area contributed by atoms with Crippen LogP contribution in [0.25, 0.3) is 0 Å². The van der Waals surface area contributed by atoms with Crippen LogP contribution in [-0.2, 0) is 13.5 Å². The molecular formula is C13H14ClN3O. The van der Waals surface area contributed by atoms with Gasteiger partial charge in [0, 0.05) is 48.6 Å². The van der Waals surface area contributed by atoms with Gasteiger partial charge in [0.15, 0.2) is 5.78 Å². The topological polar surface area (TPSA) is 60.9 Å². The molecule has 0 aliphatic heterocycles. The molecule has 1 heterocycles. The second kappa shape index (κ2) is 5.23. The van der Waals surface area contributed by atoms with Gasteiger partial charge in [-0.3, -0.25) is 4.79 Å². The number of hydrogen-bond acceptors (Lipinski definition) is 3. The zero-order chi connectivity index (χ0) is 13.1. The fourth-order valence-corrected chi connectivity index (χ4v) is 2.02. The molecule has 0 aliphatic rings. The van der Waals surface area contributed by atoms with Crippen LogP contribution < -0.4 is 5.73 Å². The first-order valence-corrected chi connectivity index (χ1v) is 5.99. The highest BCUT2D eigenvalue weighted by Crippen LogP contribution is 2.18. The molecule has 0 saturated carbocycles. The number of halogens is 1. The second-order valence-electron chi connectivity index (χ2n) is 4.15. The number of nitrogen functional groups attached to an aromatic ring is 1. The van der Waals surface area contributed by atoms with Crippen LogP contribution in [0.2, 0.25) is 5.02 Å². The van der Waals surface area contributed by atoms with E-state index in [1.807, 2.05) is 17.8 Å². The average molecular weight is 264 g/mol. The fourth-order valence-electron chi connectivity index (χ4n) is 1.78. The maximum absolute atomic E-state index is 12.0. The smallest absolute Gasteiger partial charge is 0.163 e. The Bertz CT molecular complexity index is 557. The van der Waals surface area contributed by atoms with Gasteiger partial charge in [-0.2, -0.15) is 0 Å². The number of aryl methyl sites for hydroxylation is 2. The van der Waals surface area contributed by atoms with Gasteiger partial charge in [0.2, 0.25) is 0 Å². The molecule has 94 valence electrons. The van der Waals surface area contributed by atoms with Crippen molar-refractivity contribution >= 4 is 23.1 Å². The molecule has 0 spiro atoms. The molecule has 1 aromatic heterocycles. The Hall–Kier alpha value is -1.81. The van der Waals surface area contributed by atoms with Crippen molar-refractivity contribution in [1.29, 1.82) is 0 Å². The minimum Gasteiger partial charge on any atom is -0.399 e. The lowest BCUT2D eigenvalue weighted by molar-refractivity contribution is 0.0982. The molecule has 2 N–H and O–H groups in total. The first kappa shape index (κ1) is 12.6. The monoisotopic (exact) mass is 263 g/mol. The second-order valence-corrected chi connectivity index (χ2v) is 4.59. The zero-order valence-electron chi connectivity index (χ0n) is 10.1. The summed E-state index contributed by atoms with van der Waals surface area (Å²) in [6, 6.07) is 4.91. The van der Waals surface area contributed by atoms with E-state index in [1.54, 1.807) is 24.4 Å². The number of aromatic nitrogens is 2. The largest absolute Gasteiger partial charge is 0.399 e. The molecular weight excluding hydrogens is 250 g/mol. The molecule has 0 aliphatic carbocycles. The summed E-state index contributed by atoms with van der Waals surface area (Å²) in [5.41, 5.74) is 6.71. The molecule has 2 rings (SSSR count). The van der Waals surface area contributed by atoms with E-state index in [0.717, 1.165) is 5.82 Å². The van der Waals surface area contributed by atoms with Crippen molar-refractivity contribution in [2.45, 2.75) is 12.8 Å². The molecule has 0 fully saturated rings. The van der Waals surface area contributed by atoms with Gasteiger partial charge in [-0.15, -0.1) is 0 Å². The van der Waals surface area contributed by atoms with Crippen LogP contribution in [0.4, 0.5) is 5.69 Å². The van der Waals surface area contributed by atoms with Gasteiger partial charge in [-0.1, -0.05) is 11.6 Å². The van der Waals surface area contributed by atoms with Crippen LogP contribution in [0, 0.1) is 0 Å². The van der Waals surface area contributed by atoms with Crippen molar-refractivity contribution in [3.63, 3.8) is 0 Å². The van der Waals surface area contributed by atoms with Gasteiger partial charge in [0.05, 0.1) is 0 Å². The molecule has 2 aromatic rings. The Morgan fingerprint density at radius 1 is 1.44 bits per heavy atom. The minimum absolute atomic E-state index is 0.0206. The average Bonchev–Trinajstić information content (AvgIpc) is 2.70. The summed E-state index contributed by atoms with van der Waals surface area (Å²) in [5, 5.41) is 0.482. The number of hydrogen-bond donors (Lipinski definition) is 1. The molecule has 0 amide bonds. The van der Waals surface area contributed by atoms with E-state index >= 15 is 0 Å². The van der Waals surface area contributed by atoms with Crippen molar-refractivity contribution in [2.75, 3.05) is 5.73 Å². The summed E-state index contributed by atoms with van der Waals surface area (Å²) in [4.78, 5) is 16.2. The van der Waals surface area contributed by atoms with Crippen LogP contribution in [0.15, 0.2) is 30.6 Å². The molecule has 4 nitrogen and oxygen atoms in total. The first-order chi connectivity index (χ1) is 8.56. The summed E-state index contributed by atoms with van der Waals surface area (Å²) in [7, 11) is 1.91. The number of carbonyl (C=O) groups is 1. The predicted molar refractivity (Wildman–Crippen MR) is 71.7 cm³/mol. The van der Waals surface area contributed by atoms with Gasteiger partial charge in [0.1, 0.15) is 5.82 Å². The van der Waals surface area contributed by atoms with Crippen LogP contribution in [-0.4, -0.2) is 15.3 Å². The molecule has 0 atom stereocenters. The molecule has 0 bridgehead atoms. The molecule has 1 aromatic carbocycles. The maximum Gasteiger partial charge on any atom is 0.163 e. The summed E-state index contributed by atoms with van der Waals surface area (Å²) in [6.45, 7) is 0. The summed E-state index contributed by atoms with van der Waals surface area (Å²) < 4.78 is 1.90. The number of nitrogens with two attached hydrogens (primary N) is 1. The summed E-state index contributed by atoms with van der Waals surface area (Å²) in [6.07, 6.45) is 4.58. The number of benzene rings is 1. The number of Topliss-reactive ketones (excluding diaryl/α,β-unsaturated/α-hetero) is 1. The van der Waals surface area contributed by atoms with E-state index in [9.17, 15) is 4.79 Å². The van der Waals surface area contributed by atoms with Crippen molar-refractivity contribution in [3.05, 3.63) is 47.0 Å². The number of ketones is 1. The Kier molecular flexibility index (Phi) is 3.67.